The first-order valence-electron chi connectivity index (χ1n) is 6.37. The molecule has 1 aliphatic heterocycles. The molecule has 0 bridgehead atoms. The van der Waals surface area contributed by atoms with Gasteiger partial charge in [-0.25, -0.2) is 8.42 Å². The van der Waals surface area contributed by atoms with Gasteiger partial charge in [-0.2, -0.15) is 4.31 Å². The van der Waals surface area contributed by atoms with Gasteiger partial charge in [0.25, 0.3) is 0 Å². The minimum atomic E-state index is -3.56. The van der Waals surface area contributed by atoms with Gasteiger partial charge in [0.15, 0.2) is 0 Å². The Morgan fingerprint density at radius 1 is 1.45 bits per heavy atom. The summed E-state index contributed by atoms with van der Waals surface area (Å²) in [6, 6.07) is 6.09. The van der Waals surface area contributed by atoms with E-state index in [9.17, 15) is 13.2 Å². The molecule has 1 aromatic rings. The summed E-state index contributed by atoms with van der Waals surface area (Å²) in [6.07, 6.45) is 1.30. The maximum Gasteiger partial charge on any atom is 0.322 e. The highest BCUT2D eigenvalue weighted by Crippen LogP contribution is 2.22. The van der Waals surface area contributed by atoms with Crippen molar-refractivity contribution in [1.82, 2.24) is 4.31 Å². The van der Waals surface area contributed by atoms with Crippen LogP contribution in [0.2, 0.25) is 5.02 Å². The molecule has 1 saturated heterocycles. The SMILES string of the molecule is O=C(O)C1CCCN1S(=O)(=O)CCc1cccc(Cl)c1. The van der Waals surface area contributed by atoms with Crippen LogP contribution in [0.15, 0.2) is 24.3 Å². The summed E-state index contributed by atoms with van der Waals surface area (Å²) in [5.74, 6) is -1.18. The third-order valence-electron chi connectivity index (χ3n) is 3.38. The van der Waals surface area contributed by atoms with Crippen LogP contribution in [0.1, 0.15) is 18.4 Å². The molecular formula is C13H16ClNO4S. The van der Waals surface area contributed by atoms with Crippen molar-refractivity contribution in [1.29, 1.82) is 0 Å². The Kier molecular flexibility index (Phi) is 4.67. The van der Waals surface area contributed by atoms with Gasteiger partial charge in [0.05, 0.1) is 5.75 Å². The van der Waals surface area contributed by atoms with Crippen LogP contribution in [0.4, 0.5) is 0 Å². The van der Waals surface area contributed by atoms with Crippen molar-refractivity contribution in [3.8, 4) is 0 Å². The number of sulfonamides is 1. The highest BCUT2D eigenvalue weighted by atomic mass is 35.5. The Morgan fingerprint density at radius 2 is 2.20 bits per heavy atom. The van der Waals surface area contributed by atoms with Gasteiger partial charge in [0, 0.05) is 11.6 Å². The van der Waals surface area contributed by atoms with E-state index >= 15 is 0 Å². The van der Waals surface area contributed by atoms with Gasteiger partial charge in [0.1, 0.15) is 6.04 Å². The molecule has 7 heteroatoms. The fourth-order valence-corrected chi connectivity index (χ4v) is 4.31. The lowest BCUT2D eigenvalue weighted by Crippen LogP contribution is -2.41. The lowest BCUT2D eigenvalue weighted by molar-refractivity contribution is -0.140. The predicted molar refractivity (Wildman–Crippen MR) is 76.3 cm³/mol. The number of aliphatic carboxylic acids is 1. The molecule has 0 saturated carbocycles. The second-order valence-corrected chi connectivity index (χ2v) is 7.28. The van der Waals surface area contributed by atoms with Gasteiger partial charge in [0.2, 0.25) is 10.0 Å². The molecule has 1 aliphatic rings. The molecule has 0 radical (unpaired) electrons. The first-order valence-corrected chi connectivity index (χ1v) is 8.35. The van der Waals surface area contributed by atoms with Crippen LogP contribution in [0.3, 0.4) is 0 Å². The largest absolute Gasteiger partial charge is 0.480 e. The second-order valence-electron chi connectivity index (χ2n) is 4.80. The molecule has 20 heavy (non-hydrogen) atoms. The maximum atomic E-state index is 12.2. The minimum absolute atomic E-state index is 0.100. The topological polar surface area (TPSA) is 74.7 Å². The monoisotopic (exact) mass is 317 g/mol. The van der Waals surface area contributed by atoms with Crippen molar-refractivity contribution < 1.29 is 18.3 Å². The van der Waals surface area contributed by atoms with Gasteiger partial charge in [-0.1, -0.05) is 23.7 Å². The molecule has 1 atom stereocenters. The van der Waals surface area contributed by atoms with Gasteiger partial charge < -0.3 is 5.11 Å². The van der Waals surface area contributed by atoms with Crippen LogP contribution in [0, 0.1) is 0 Å². The average molecular weight is 318 g/mol. The van der Waals surface area contributed by atoms with Crippen LogP contribution in [-0.4, -0.2) is 42.1 Å². The van der Waals surface area contributed by atoms with Crippen molar-refractivity contribution in [3.05, 3.63) is 34.9 Å². The third kappa shape index (κ3) is 3.50. The number of nitrogens with zero attached hydrogens (tertiary/aromatic N) is 1. The first-order chi connectivity index (χ1) is 9.40. The van der Waals surface area contributed by atoms with Crippen molar-refractivity contribution in [2.75, 3.05) is 12.3 Å². The van der Waals surface area contributed by atoms with Crippen LogP contribution < -0.4 is 0 Å². The van der Waals surface area contributed by atoms with Gasteiger partial charge in [-0.05, 0) is 37.0 Å². The number of carboxylic acid groups (broad SMARTS) is 1. The van der Waals surface area contributed by atoms with E-state index in [0.717, 1.165) is 9.87 Å². The summed E-state index contributed by atoms with van der Waals surface area (Å²) >= 11 is 5.85. The Balaban J connectivity index is 2.06. The van der Waals surface area contributed by atoms with E-state index in [-0.39, 0.29) is 12.3 Å². The minimum Gasteiger partial charge on any atom is -0.480 e. The zero-order valence-electron chi connectivity index (χ0n) is 10.8. The fourth-order valence-electron chi connectivity index (χ4n) is 2.38. The van der Waals surface area contributed by atoms with Gasteiger partial charge in [-0.3, -0.25) is 4.79 Å². The summed E-state index contributed by atoms with van der Waals surface area (Å²) in [5, 5.41) is 9.60. The van der Waals surface area contributed by atoms with E-state index in [1.165, 1.54) is 0 Å². The lowest BCUT2D eigenvalue weighted by atomic mass is 10.2. The average Bonchev–Trinajstić information content (AvgIpc) is 2.87. The number of aryl methyl sites for hydroxylation is 1. The Labute approximate surface area is 123 Å². The predicted octanol–water partition coefficient (Wildman–Crippen LogP) is 1.76. The van der Waals surface area contributed by atoms with Gasteiger partial charge in [-0.15, -0.1) is 0 Å². The molecule has 2 rings (SSSR count). The molecular weight excluding hydrogens is 302 g/mol. The molecule has 5 nitrogen and oxygen atoms in total. The molecule has 1 aromatic carbocycles. The smallest absolute Gasteiger partial charge is 0.322 e. The van der Waals surface area contributed by atoms with Crippen LogP contribution >= 0.6 is 11.6 Å². The molecule has 0 aromatic heterocycles. The van der Waals surface area contributed by atoms with Crippen molar-refractivity contribution in [2.45, 2.75) is 25.3 Å². The molecule has 0 amide bonds. The second kappa shape index (κ2) is 6.11. The van der Waals surface area contributed by atoms with E-state index < -0.39 is 22.0 Å². The zero-order chi connectivity index (χ0) is 14.8. The summed E-state index contributed by atoms with van der Waals surface area (Å²) in [6.45, 7) is 0.287. The summed E-state index contributed by atoms with van der Waals surface area (Å²) in [7, 11) is -3.56. The van der Waals surface area contributed by atoms with E-state index in [1.807, 2.05) is 0 Å². The zero-order valence-corrected chi connectivity index (χ0v) is 12.4. The third-order valence-corrected chi connectivity index (χ3v) is 5.49. The molecule has 110 valence electrons. The molecule has 1 N–H and O–H groups in total. The summed E-state index contributed by atoms with van der Waals surface area (Å²) < 4.78 is 25.6. The van der Waals surface area contributed by atoms with E-state index in [1.54, 1.807) is 24.3 Å². The molecule has 1 heterocycles. The Morgan fingerprint density at radius 3 is 2.85 bits per heavy atom. The highest BCUT2D eigenvalue weighted by molar-refractivity contribution is 7.89. The van der Waals surface area contributed by atoms with Gasteiger partial charge >= 0.3 is 5.97 Å². The van der Waals surface area contributed by atoms with Crippen LogP contribution in [0.25, 0.3) is 0 Å². The van der Waals surface area contributed by atoms with E-state index in [4.69, 9.17) is 16.7 Å². The highest BCUT2D eigenvalue weighted by Gasteiger charge is 2.38. The summed E-state index contributed by atoms with van der Waals surface area (Å²) in [4.78, 5) is 11.1. The molecule has 1 fully saturated rings. The Bertz CT molecular complexity index is 602. The molecule has 0 aliphatic carbocycles. The molecule has 0 spiro atoms. The normalized spacial score (nSPS) is 20.1. The first kappa shape index (κ1) is 15.3. The summed E-state index contributed by atoms with van der Waals surface area (Å²) in [5.41, 5.74) is 0.826. The van der Waals surface area contributed by atoms with Crippen LogP contribution in [0.5, 0.6) is 0 Å². The standard InChI is InChI=1S/C13H16ClNO4S/c14-11-4-1-3-10(9-11)6-8-20(18,19)15-7-2-5-12(15)13(16)17/h1,3-4,9,12H,2,5-8H2,(H,16,17). The lowest BCUT2D eigenvalue weighted by Gasteiger charge is -2.20. The number of carboxylic acids is 1. The Hall–Kier alpha value is -1.11. The maximum absolute atomic E-state index is 12.2. The number of carbonyl (C=O) groups is 1. The van der Waals surface area contributed by atoms with Crippen molar-refractivity contribution in [3.63, 3.8) is 0 Å². The van der Waals surface area contributed by atoms with E-state index in [0.29, 0.717) is 24.3 Å². The number of rotatable bonds is 5. The number of benzene rings is 1. The van der Waals surface area contributed by atoms with Crippen molar-refractivity contribution in [2.24, 2.45) is 0 Å². The molecule has 1 unspecified atom stereocenters. The van der Waals surface area contributed by atoms with Crippen molar-refractivity contribution >= 4 is 27.6 Å². The van der Waals surface area contributed by atoms with E-state index in [2.05, 4.69) is 0 Å². The number of halogens is 1. The quantitative estimate of drug-likeness (QED) is 0.898. The fraction of sp³-hybridized carbons (Fsp3) is 0.462. The van der Waals surface area contributed by atoms with Crippen LogP contribution in [-0.2, 0) is 21.2 Å². The number of hydrogen-bond donors (Lipinski definition) is 1. The number of hydrogen-bond acceptors (Lipinski definition) is 3.